The van der Waals surface area contributed by atoms with Crippen molar-refractivity contribution < 1.29 is 14.6 Å². The topological polar surface area (TPSA) is 75.6 Å². The average Bonchev–Trinajstić information content (AvgIpc) is 2.93. The summed E-state index contributed by atoms with van der Waals surface area (Å²) in [4.78, 5) is 25.0. The second-order valence-corrected chi connectivity index (χ2v) is 7.01. The van der Waals surface area contributed by atoms with Crippen molar-refractivity contribution in [1.82, 2.24) is 14.9 Å². The van der Waals surface area contributed by atoms with Crippen LogP contribution < -0.4 is 4.74 Å². The molecule has 0 radical (unpaired) electrons. The molecule has 1 fully saturated rings. The zero-order valence-corrected chi connectivity index (χ0v) is 14.9. The number of thiophene rings is 1. The van der Waals surface area contributed by atoms with Gasteiger partial charge in [0, 0.05) is 19.2 Å². The highest BCUT2D eigenvalue weighted by molar-refractivity contribution is 7.20. The molecule has 1 amide bonds. The smallest absolute Gasteiger partial charge is 0.264 e. The number of nitrogens with zero attached hydrogens (tertiary/aromatic N) is 3. The number of carbonyl (C=O) groups is 1. The van der Waals surface area contributed by atoms with Crippen LogP contribution in [0.4, 0.5) is 0 Å². The van der Waals surface area contributed by atoms with Gasteiger partial charge in [0.15, 0.2) is 0 Å². The number of aliphatic hydroxyl groups excluding tert-OH is 1. The molecule has 1 N–H and O–H groups in total. The van der Waals surface area contributed by atoms with E-state index in [4.69, 9.17) is 4.74 Å². The summed E-state index contributed by atoms with van der Waals surface area (Å²) in [5.74, 6) is 0.581. The van der Waals surface area contributed by atoms with E-state index >= 15 is 0 Å². The van der Waals surface area contributed by atoms with Gasteiger partial charge in [0.25, 0.3) is 5.91 Å². The van der Waals surface area contributed by atoms with Crippen LogP contribution in [0.1, 0.15) is 47.8 Å². The molecule has 0 saturated carbocycles. The van der Waals surface area contributed by atoms with E-state index in [1.807, 2.05) is 18.7 Å². The first-order valence-corrected chi connectivity index (χ1v) is 9.27. The minimum absolute atomic E-state index is 0.0381. The predicted octanol–water partition coefficient (Wildman–Crippen LogP) is 2.78. The van der Waals surface area contributed by atoms with E-state index in [-0.39, 0.29) is 18.6 Å². The summed E-state index contributed by atoms with van der Waals surface area (Å²) in [6.45, 7) is 5.23. The number of fused-ring (bicyclic) bond motifs is 1. The fraction of sp³-hybridized carbons (Fsp3) is 0.588. The Kier molecular flexibility index (Phi) is 5.30. The summed E-state index contributed by atoms with van der Waals surface area (Å²) in [7, 11) is 0. The Labute approximate surface area is 145 Å². The van der Waals surface area contributed by atoms with Crippen LogP contribution >= 0.6 is 11.3 Å². The number of aryl methyl sites for hydroxylation is 1. The van der Waals surface area contributed by atoms with Crippen molar-refractivity contribution in [2.45, 2.75) is 45.6 Å². The lowest BCUT2D eigenvalue weighted by atomic mass is 9.99. The molecule has 6 nitrogen and oxygen atoms in total. The second kappa shape index (κ2) is 7.44. The molecule has 24 heavy (non-hydrogen) atoms. The number of hydrogen-bond donors (Lipinski definition) is 1. The summed E-state index contributed by atoms with van der Waals surface area (Å²) < 4.78 is 5.60. The van der Waals surface area contributed by atoms with Crippen LogP contribution in [-0.4, -0.2) is 51.7 Å². The number of amides is 1. The van der Waals surface area contributed by atoms with E-state index in [9.17, 15) is 9.90 Å². The molecule has 0 spiro atoms. The van der Waals surface area contributed by atoms with Crippen LogP contribution in [0.25, 0.3) is 10.2 Å². The van der Waals surface area contributed by atoms with Gasteiger partial charge in [0.2, 0.25) is 5.88 Å². The van der Waals surface area contributed by atoms with Gasteiger partial charge in [-0.3, -0.25) is 4.79 Å². The van der Waals surface area contributed by atoms with E-state index in [2.05, 4.69) is 9.97 Å². The number of piperidine rings is 1. The normalized spacial score (nSPS) is 18.1. The van der Waals surface area contributed by atoms with Crippen LogP contribution in [-0.2, 0) is 0 Å². The van der Waals surface area contributed by atoms with Crippen molar-refractivity contribution in [1.29, 1.82) is 0 Å². The highest BCUT2D eigenvalue weighted by Crippen LogP contribution is 2.36. The first-order valence-electron chi connectivity index (χ1n) is 8.46. The van der Waals surface area contributed by atoms with Gasteiger partial charge in [-0.25, -0.2) is 9.97 Å². The van der Waals surface area contributed by atoms with E-state index in [1.54, 1.807) is 0 Å². The molecule has 1 saturated heterocycles. The maximum absolute atomic E-state index is 13.1. The summed E-state index contributed by atoms with van der Waals surface area (Å²) >= 11 is 1.40. The lowest BCUT2D eigenvalue weighted by Gasteiger charge is -2.35. The molecule has 2 aromatic rings. The molecular weight excluding hydrogens is 326 g/mol. The van der Waals surface area contributed by atoms with Crippen molar-refractivity contribution in [2.24, 2.45) is 0 Å². The number of rotatable bonds is 5. The third kappa shape index (κ3) is 3.10. The summed E-state index contributed by atoms with van der Waals surface area (Å²) in [6.07, 6.45) is 5.20. The minimum atomic E-state index is 0.0381. The molecule has 0 bridgehead atoms. The number of aliphatic hydroxyl groups is 1. The van der Waals surface area contributed by atoms with Gasteiger partial charge in [-0.2, -0.15) is 0 Å². The van der Waals surface area contributed by atoms with Crippen LogP contribution in [0, 0.1) is 6.92 Å². The van der Waals surface area contributed by atoms with E-state index < -0.39 is 0 Å². The molecule has 1 atom stereocenters. The van der Waals surface area contributed by atoms with Gasteiger partial charge < -0.3 is 14.7 Å². The lowest BCUT2D eigenvalue weighted by molar-refractivity contribution is 0.0579. The quantitative estimate of drug-likeness (QED) is 0.898. The molecular formula is C17H23N3O3S. The fourth-order valence-electron chi connectivity index (χ4n) is 3.34. The fourth-order valence-corrected chi connectivity index (χ4v) is 4.43. The first-order chi connectivity index (χ1) is 11.7. The van der Waals surface area contributed by atoms with Gasteiger partial charge in [-0.1, -0.05) is 0 Å². The lowest BCUT2D eigenvalue weighted by Crippen LogP contribution is -2.44. The first kappa shape index (κ1) is 17.1. The Morgan fingerprint density at radius 2 is 2.29 bits per heavy atom. The molecule has 3 rings (SSSR count). The zero-order valence-electron chi connectivity index (χ0n) is 14.1. The third-order valence-corrected chi connectivity index (χ3v) is 5.71. The maximum atomic E-state index is 13.1. The van der Waals surface area contributed by atoms with Crippen LogP contribution in [0.15, 0.2) is 6.33 Å². The number of aromatic nitrogens is 2. The number of hydrogen-bond acceptors (Lipinski definition) is 6. The van der Waals surface area contributed by atoms with Gasteiger partial charge in [0.05, 0.1) is 16.9 Å². The molecule has 7 heteroatoms. The monoisotopic (exact) mass is 349 g/mol. The Bertz CT molecular complexity index is 729. The Hall–Kier alpha value is -1.73. The predicted molar refractivity (Wildman–Crippen MR) is 93.7 cm³/mol. The minimum Gasteiger partial charge on any atom is -0.477 e. The van der Waals surface area contributed by atoms with Gasteiger partial charge in [-0.05, 0) is 45.1 Å². The molecule has 1 aliphatic rings. The van der Waals surface area contributed by atoms with Crippen molar-refractivity contribution in [3.05, 3.63) is 16.8 Å². The third-order valence-electron chi connectivity index (χ3n) is 4.52. The summed E-state index contributed by atoms with van der Waals surface area (Å²) in [5.41, 5.74) is 0.886. The molecule has 2 aromatic heterocycles. The zero-order chi connectivity index (χ0) is 17.1. The van der Waals surface area contributed by atoms with E-state index in [0.717, 1.165) is 41.6 Å². The average molecular weight is 349 g/mol. The number of ether oxygens (including phenoxy) is 1. The molecule has 0 aliphatic carbocycles. The summed E-state index contributed by atoms with van der Waals surface area (Å²) in [5, 5.41) is 10.1. The highest BCUT2D eigenvalue weighted by Gasteiger charge is 2.30. The Balaban J connectivity index is 1.97. The van der Waals surface area contributed by atoms with Gasteiger partial charge in [-0.15, -0.1) is 11.3 Å². The van der Waals surface area contributed by atoms with E-state index in [1.165, 1.54) is 17.7 Å². The number of carbonyl (C=O) groups excluding carboxylic acids is 1. The van der Waals surface area contributed by atoms with Crippen molar-refractivity contribution in [2.75, 3.05) is 19.8 Å². The van der Waals surface area contributed by atoms with E-state index in [0.29, 0.717) is 23.8 Å². The van der Waals surface area contributed by atoms with Crippen LogP contribution in [0.5, 0.6) is 5.88 Å². The molecule has 1 aliphatic heterocycles. The molecule has 130 valence electrons. The molecule has 3 heterocycles. The number of likely N-dealkylation sites (tertiary alicyclic amines) is 1. The maximum Gasteiger partial charge on any atom is 0.264 e. The Morgan fingerprint density at radius 3 is 3.04 bits per heavy atom. The molecule has 1 unspecified atom stereocenters. The Morgan fingerprint density at radius 1 is 1.46 bits per heavy atom. The van der Waals surface area contributed by atoms with Crippen molar-refractivity contribution >= 4 is 27.5 Å². The van der Waals surface area contributed by atoms with Crippen molar-refractivity contribution in [3.8, 4) is 5.88 Å². The van der Waals surface area contributed by atoms with Crippen LogP contribution in [0.3, 0.4) is 0 Å². The van der Waals surface area contributed by atoms with Gasteiger partial charge in [0.1, 0.15) is 11.2 Å². The standard InChI is InChI=1S/C17H23N3O3S/c1-3-23-15-13-11(2)14(24-16(13)19-10-18-15)17(22)20-8-5-4-6-12(20)7-9-21/h10,12,21H,3-9H2,1-2H3. The molecule has 0 aromatic carbocycles. The highest BCUT2D eigenvalue weighted by atomic mass is 32.1. The largest absolute Gasteiger partial charge is 0.477 e. The van der Waals surface area contributed by atoms with Gasteiger partial charge >= 0.3 is 0 Å². The van der Waals surface area contributed by atoms with Crippen molar-refractivity contribution in [3.63, 3.8) is 0 Å². The SMILES string of the molecule is CCOc1ncnc2sc(C(=O)N3CCCCC3CCO)c(C)c12. The summed E-state index contributed by atoms with van der Waals surface area (Å²) in [6, 6.07) is 0.123. The second-order valence-electron chi connectivity index (χ2n) is 6.01. The van der Waals surface area contributed by atoms with Crippen LogP contribution in [0.2, 0.25) is 0 Å².